The highest BCUT2D eigenvalue weighted by atomic mass is 16.5. The van der Waals surface area contributed by atoms with Crippen LogP contribution in [0.5, 0.6) is 11.5 Å². The molecule has 0 radical (unpaired) electrons. The van der Waals surface area contributed by atoms with E-state index in [1.54, 1.807) is 20.1 Å². The van der Waals surface area contributed by atoms with Crippen molar-refractivity contribution in [3.63, 3.8) is 0 Å². The summed E-state index contributed by atoms with van der Waals surface area (Å²) in [6.07, 6.45) is -0.0359. The van der Waals surface area contributed by atoms with E-state index in [1.165, 1.54) is 0 Å². The summed E-state index contributed by atoms with van der Waals surface area (Å²) in [6.45, 7) is 5.44. The highest BCUT2D eigenvalue weighted by molar-refractivity contribution is 5.51. The van der Waals surface area contributed by atoms with Crippen molar-refractivity contribution in [2.24, 2.45) is 0 Å². The van der Waals surface area contributed by atoms with Gasteiger partial charge in [-0.1, -0.05) is 0 Å². The molecule has 0 bridgehead atoms. The maximum atomic E-state index is 9.88. The Morgan fingerprint density at radius 3 is 2.40 bits per heavy atom. The molecule has 84 valence electrons. The number of ether oxygens (including phenoxy) is 1. The van der Waals surface area contributed by atoms with Gasteiger partial charge in [-0.15, -0.1) is 0 Å². The maximum absolute atomic E-state index is 9.88. The summed E-state index contributed by atoms with van der Waals surface area (Å²) in [5.41, 5.74) is 2.47. The Labute approximate surface area is 90.3 Å². The number of aliphatic hydroxyl groups excluding tert-OH is 1. The van der Waals surface area contributed by atoms with Crippen molar-refractivity contribution in [2.75, 3.05) is 7.11 Å². The topological polar surface area (TPSA) is 49.7 Å². The van der Waals surface area contributed by atoms with Crippen molar-refractivity contribution in [1.82, 2.24) is 0 Å². The largest absolute Gasteiger partial charge is 0.507 e. The first kappa shape index (κ1) is 11.9. The highest BCUT2D eigenvalue weighted by Gasteiger charge is 2.13. The molecule has 3 heteroatoms. The number of aliphatic hydroxyl groups is 1. The molecule has 1 aromatic carbocycles. The van der Waals surface area contributed by atoms with Gasteiger partial charge in [0.25, 0.3) is 0 Å². The number of hydrogen-bond acceptors (Lipinski definition) is 3. The summed E-state index contributed by atoms with van der Waals surface area (Å²) in [6, 6.07) is 1.78. The standard InChI is InChI=1S/C12H18O3/c1-7(13)5-10-6-11(15-4)8(2)9(3)12(10)14/h6-7,13-14H,5H2,1-4H3. The fourth-order valence-corrected chi connectivity index (χ4v) is 1.62. The fourth-order valence-electron chi connectivity index (χ4n) is 1.62. The van der Waals surface area contributed by atoms with Crippen LogP contribution >= 0.6 is 0 Å². The van der Waals surface area contributed by atoms with E-state index in [-0.39, 0.29) is 5.75 Å². The predicted octanol–water partition coefficient (Wildman–Crippen LogP) is 1.94. The molecule has 0 saturated carbocycles. The summed E-state index contributed by atoms with van der Waals surface area (Å²) >= 11 is 0. The van der Waals surface area contributed by atoms with Crippen LogP contribution in [0.3, 0.4) is 0 Å². The van der Waals surface area contributed by atoms with Gasteiger partial charge in [0.2, 0.25) is 0 Å². The SMILES string of the molecule is COc1cc(CC(C)O)c(O)c(C)c1C. The number of benzene rings is 1. The highest BCUT2D eigenvalue weighted by Crippen LogP contribution is 2.33. The Balaban J connectivity index is 3.22. The van der Waals surface area contributed by atoms with E-state index in [0.717, 1.165) is 22.4 Å². The second-order valence-electron chi connectivity index (χ2n) is 3.89. The predicted molar refractivity (Wildman–Crippen MR) is 59.5 cm³/mol. The van der Waals surface area contributed by atoms with Crippen molar-refractivity contribution < 1.29 is 14.9 Å². The Bertz CT molecular complexity index is 356. The van der Waals surface area contributed by atoms with Crippen LogP contribution in [0, 0.1) is 13.8 Å². The Morgan fingerprint density at radius 1 is 1.33 bits per heavy atom. The van der Waals surface area contributed by atoms with Gasteiger partial charge in [-0.25, -0.2) is 0 Å². The molecule has 0 spiro atoms. The van der Waals surface area contributed by atoms with Crippen LogP contribution in [0.15, 0.2) is 6.07 Å². The van der Waals surface area contributed by atoms with Gasteiger partial charge in [0.15, 0.2) is 0 Å². The van der Waals surface area contributed by atoms with Crippen LogP contribution in [-0.2, 0) is 6.42 Å². The molecule has 0 fully saturated rings. The molecule has 0 aliphatic heterocycles. The lowest BCUT2D eigenvalue weighted by Gasteiger charge is -2.14. The third kappa shape index (κ3) is 2.42. The molecule has 0 aromatic heterocycles. The quantitative estimate of drug-likeness (QED) is 0.801. The fraction of sp³-hybridized carbons (Fsp3) is 0.500. The number of phenols is 1. The second kappa shape index (κ2) is 4.53. The van der Waals surface area contributed by atoms with Crippen molar-refractivity contribution >= 4 is 0 Å². The minimum atomic E-state index is -0.470. The third-order valence-corrected chi connectivity index (χ3v) is 2.63. The molecule has 15 heavy (non-hydrogen) atoms. The second-order valence-corrected chi connectivity index (χ2v) is 3.89. The lowest BCUT2D eigenvalue weighted by atomic mass is 9.99. The van der Waals surface area contributed by atoms with E-state index >= 15 is 0 Å². The molecule has 3 nitrogen and oxygen atoms in total. The zero-order valence-corrected chi connectivity index (χ0v) is 9.66. The van der Waals surface area contributed by atoms with E-state index in [0.29, 0.717) is 6.42 Å². The molecule has 1 rings (SSSR count). The Morgan fingerprint density at radius 2 is 1.93 bits per heavy atom. The van der Waals surface area contributed by atoms with Gasteiger partial charge < -0.3 is 14.9 Å². The van der Waals surface area contributed by atoms with Crippen LogP contribution in [0.4, 0.5) is 0 Å². The number of aromatic hydroxyl groups is 1. The van der Waals surface area contributed by atoms with Crippen LogP contribution in [0.1, 0.15) is 23.6 Å². The number of hydrogen-bond donors (Lipinski definition) is 2. The third-order valence-electron chi connectivity index (χ3n) is 2.63. The van der Waals surface area contributed by atoms with Crippen LogP contribution in [0.2, 0.25) is 0 Å². The lowest BCUT2D eigenvalue weighted by Crippen LogP contribution is -2.06. The molecule has 0 saturated heterocycles. The minimum Gasteiger partial charge on any atom is -0.507 e. The molecule has 0 aliphatic rings. The first-order valence-electron chi connectivity index (χ1n) is 5.01. The molecule has 2 N–H and O–H groups in total. The molecular weight excluding hydrogens is 192 g/mol. The number of phenolic OH excluding ortho intramolecular Hbond substituents is 1. The molecule has 0 heterocycles. The van der Waals surface area contributed by atoms with Crippen molar-refractivity contribution in [1.29, 1.82) is 0 Å². The van der Waals surface area contributed by atoms with Crippen molar-refractivity contribution in [3.05, 3.63) is 22.8 Å². The number of rotatable bonds is 3. The zero-order chi connectivity index (χ0) is 11.6. The Kier molecular flexibility index (Phi) is 3.58. The summed E-state index contributed by atoms with van der Waals surface area (Å²) in [5.74, 6) is 1.01. The summed E-state index contributed by atoms with van der Waals surface area (Å²) < 4.78 is 5.21. The van der Waals surface area contributed by atoms with Gasteiger partial charge in [-0.05, 0) is 38.0 Å². The summed E-state index contributed by atoms with van der Waals surface area (Å²) in [5, 5.41) is 19.2. The number of methoxy groups -OCH3 is 1. The summed E-state index contributed by atoms with van der Waals surface area (Å²) in [4.78, 5) is 0. The van der Waals surface area contributed by atoms with E-state index in [4.69, 9.17) is 4.74 Å². The van der Waals surface area contributed by atoms with Gasteiger partial charge in [-0.3, -0.25) is 0 Å². The minimum absolute atomic E-state index is 0.259. The van der Waals surface area contributed by atoms with Crippen molar-refractivity contribution in [3.8, 4) is 11.5 Å². The average molecular weight is 210 g/mol. The molecular formula is C12H18O3. The molecule has 1 unspecified atom stereocenters. The molecule has 1 aromatic rings. The first-order chi connectivity index (χ1) is 6.97. The first-order valence-corrected chi connectivity index (χ1v) is 5.01. The van der Waals surface area contributed by atoms with Gasteiger partial charge in [0.05, 0.1) is 13.2 Å². The van der Waals surface area contributed by atoms with E-state index < -0.39 is 6.10 Å². The van der Waals surface area contributed by atoms with Gasteiger partial charge in [0.1, 0.15) is 11.5 Å². The molecule has 0 aliphatic carbocycles. The van der Waals surface area contributed by atoms with Crippen molar-refractivity contribution in [2.45, 2.75) is 33.3 Å². The monoisotopic (exact) mass is 210 g/mol. The molecule has 1 atom stereocenters. The zero-order valence-electron chi connectivity index (χ0n) is 9.66. The van der Waals surface area contributed by atoms with Crippen LogP contribution < -0.4 is 4.74 Å². The van der Waals surface area contributed by atoms with E-state index in [1.807, 2.05) is 13.8 Å². The normalized spacial score (nSPS) is 12.6. The summed E-state index contributed by atoms with van der Waals surface area (Å²) in [7, 11) is 1.60. The Hall–Kier alpha value is -1.22. The van der Waals surface area contributed by atoms with Crippen LogP contribution in [-0.4, -0.2) is 23.4 Å². The lowest BCUT2D eigenvalue weighted by molar-refractivity contribution is 0.194. The van der Waals surface area contributed by atoms with E-state index in [9.17, 15) is 10.2 Å². The van der Waals surface area contributed by atoms with Crippen LogP contribution in [0.25, 0.3) is 0 Å². The maximum Gasteiger partial charge on any atom is 0.122 e. The van der Waals surface area contributed by atoms with E-state index in [2.05, 4.69) is 0 Å². The van der Waals surface area contributed by atoms with Gasteiger partial charge in [-0.2, -0.15) is 0 Å². The smallest absolute Gasteiger partial charge is 0.122 e. The average Bonchev–Trinajstić information content (AvgIpc) is 2.18. The van der Waals surface area contributed by atoms with Gasteiger partial charge in [0, 0.05) is 12.0 Å². The molecule has 0 amide bonds. The van der Waals surface area contributed by atoms with Gasteiger partial charge >= 0.3 is 0 Å².